The fraction of sp³-hybridized carbons (Fsp3) is 0.350. The molecule has 0 amide bonds. The Labute approximate surface area is 166 Å². The number of aliphatic imine (C=N–C) groups is 1. The summed E-state index contributed by atoms with van der Waals surface area (Å²) >= 11 is 7.69. The van der Waals surface area contributed by atoms with E-state index >= 15 is 0 Å². The quantitative estimate of drug-likeness (QED) is 0.817. The number of halogens is 1. The number of rotatable bonds is 2. The molecule has 5 rings (SSSR count). The predicted molar refractivity (Wildman–Crippen MR) is 106 cm³/mol. The van der Waals surface area contributed by atoms with E-state index < -0.39 is 5.72 Å². The van der Waals surface area contributed by atoms with Crippen molar-refractivity contribution < 1.29 is 14.6 Å². The predicted octanol–water partition coefficient (Wildman–Crippen LogP) is 4.15. The summed E-state index contributed by atoms with van der Waals surface area (Å²) < 4.78 is 11.0. The second kappa shape index (κ2) is 6.62. The van der Waals surface area contributed by atoms with E-state index in [9.17, 15) is 5.11 Å². The van der Waals surface area contributed by atoms with Gasteiger partial charge in [0.1, 0.15) is 0 Å². The Morgan fingerprint density at radius 3 is 2.78 bits per heavy atom. The van der Waals surface area contributed by atoms with Crippen LogP contribution in [0, 0.1) is 0 Å². The molecule has 2 unspecified atom stereocenters. The number of aliphatic hydroxyl groups is 1. The van der Waals surface area contributed by atoms with Crippen molar-refractivity contribution in [2.75, 3.05) is 19.9 Å². The zero-order valence-electron chi connectivity index (χ0n) is 14.6. The van der Waals surface area contributed by atoms with Crippen LogP contribution in [0.1, 0.15) is 29.2 Å². The molecule has 0 aromatic heterocycles. The Morgan fingerprint density at radius 1 is 1.11 bits per heavy atom. The Bertz CT molecular complexity index is 905. The molecule has 5 nitrogen and oxygen atoms in total. The molecular weight excluding hydrogens is 384 g/mol. The lowest BCUT2D eigenvalue weighted by atomic mass is 9.92. The van der Waals surface area contributed by atoms with E-state index in [2.05, 4.69) is 0 Å². The lowest BCUT2D eigenvalue weighted by Crippen LogP contribution is -2.46. The molecule has 3 aliphatic heterocycles. The molecule has 0 radical (unpaired) electrons. The molecule has 0 aliphatic carbocycles. The van der Waals surface area contributed by atoms with Crippen LogP contribution in [0.25, 0.3) is 0 Å². The third-order valence-electron chi connectivity index (χ3n) is 5.24. The van der Waals surface area contributed by atoms with E-state index in [1.54, 1.807) is 11.8 Å². The van der Waals surface area contributed by atoms with Crippen molar-refractivity contribution in [3.05, 3.63) is 58.6 Å². The minimum Gasteiger partial charge on any atom is -0.454 e. The van der Waals surface area contributed by atoms with E-state index in [1.807, 2.05) is 47.4 Å². The van der Waals surface area contributed by atoms with Crippen LogP contribution in [0.2, 0.25) is 5.02 Å². The molecule has 2 aromatic carbocycles. The van der Waals surface area contributed by atoms with E-state index in [0.717, 1.165) is 42.2 Å². The molecular formula is C20H19ClN2O3S. The molecule has 1 fully saturated rings. The molecule has 3 heterocycles. The highest BCUT2D eigenvalue weighted by atomic mass is 35.5. The van der Waals surface area contributed by atoms with Crippen LogP contribution in [-0.2, 0) is 5.72 Å². The first kappa shape index (κ1) is 17.2. The second-order valence-corrected chi connectivity index (χ2v) is 8.38. The minimum absolute atomic E-state index is 0.211. The van der Waals surface area contributed by atoms with Gasteiger partial charge < -0.3 is 19.5 Å². The molecule has 1 N–H and O–H groups in total. The van der Waals surface area contributed by atoms with Gasteiger partial charge in [0.05, 0.1) is 5.25 Å². The fourth-order valence-electron chi connectivity index (χ4n) is 3.85. The average molecular weight is 403 g/mol. The van der Waals surface area contributed by atoms with E-state index in [4.69, 9.17) is 26.1 Å². The standard InChI is InChI=1S/C20H19ClN2O3S/c21-15-6-3-13(4-7-15)18-20(24,23-10-2-1-9-22-19(23)27-18)14-5-8-16-17(11-14)26-12-25-16/h3-8,11,18,24H,1-2,9-10,12H2. The molecule has 3 aliphatic rings. The number of ether oxygens (including phenoxy) is 2. The number of nitrogens with zero attached hydrogens (tertiary/aromatic N) is 2. The van der Waals surface area contributed by atoms with Crippen LogP contribution in [0.3, 0.4) is 0 Å². The number of amidine groups is 1. The van der Waals surface area contributed by atoms with E-state index in [0.29, 0.717) is 16.5 Å². The smallest absolute Gasteiger partial charge is 0.231 e. The Hall–Kier alpha value is -1.89. The Balaban J connectivity index is 1.65. The first-order valence-corrected chi connectivity index (χ1v) is 10.3. The molecule has 140 valence electrons. The van der Waals surface area contributed by atoms with E-state index in [1.165, 1.54) is 0 Å². The van der Waals surface area contributed by atoms with Gasteiger partial charge >= 0.3 is 0 Å². The number of fused-ring (bicyclic) bond motifs is 2. The Morgan fingerprint density at radius 2 is 1.93 bits per heavy atom. The molecule has 0 spiro atoms. The summed E-state index contributed by atoms with van der Waals surface area (Å²) in [7, 11) is 0. The van der Waals surface area contributed by atoms with Gasteiger partial charge in [-0.05, 0) is 42.7 Å². The molecule has 7 heteroatoms. The third-order valence-corrected chi connectivity index (χ3v) is 6.89. The molecule has 2 atom stereocenters. The van der Waals surface area contributed by atoms with Gasteiger partial charge in [-0.15, -0.1) is 0 Å². The van der Waals surface area contributed by atoms with Crippen molar-refractivity contribution in [3.8, 4) is 11.5 Å². The zero-order chi connectivity index (χ0) is 18.4. The first-order chi connectivity index (χ1) is 13.2. The third kappa shape index (κ3) is 2.78. The van der Waals surface area contributed by atoms with Crippen molar-refractivity contribution in [2.45, 2.75) is 23.8 Å². The summed E-state index contributed by atoms with van der Waals surface area (Å²) in [6.45, 7) is 1.77. The number of hydrogen-bond donors (Lipinski definition) is 1. The summed E-state index contributed by atoms with van der Waals surface area (Å²) in [4.78, 5) is 6.78. The van der Waals surface area contributed by atoms with Gasteiger partial charge in [-0.25, -0.2) is 0 Å². The van der Waals surface area contributed by atoms with Crippen LogP contribution in [-0.4, -0.2) is 35.1 Å². The highest BCUT2D eigenvalue weighted by molar-refractivity contribution is 8.14. The van der Waals surface area contributed by atoms with Gasteiger partial charge in [0.25, 0.3) is 0 Å². The second-order valence-electron chi connectivity index (χ2n) is 6.87. The molecule has 2 aromatic rings. The van der Waals surface area contributed by atoms with Crippen molar-refractivity contribution >= 4 is 28.5 Å². The van der Waals surface area contributed by atoms with Gasteiger partial charge in [-0.2, -0.15) is 0 Å². The van der Waals surface area contributed by atoms with Crippen LogP contribution >= 0.6 is 23.4 Å². The summed E-state index contributed by atoms with van der Waals surface area (Å²) in [6.07, 6.45) is 2.02. The summed E-state index contributed by atoms with van der Waals surface area (Å²) in [5.41, 5.74) is 0.578. The van der Waals surface area contributed by atoms with Gasteiger partial charge in [-0.3, -0.25) is 4.99 Å². The van der Waals surface area contributed by atoms with Crippen LogP contribution in [0.15, 0.2) is 47.5 Å². The van der Waals surface area contributed by atoms with Crippen LogP contribution in [0.4, 0.5) is 0 Å². The number of thioether (sulfide) groups is 1. The fourth-order valence-corrected chi connectivity index (χ4v) is 5.44. The van der Waals surface area contributed by atoms with Gasteiger partial charge in [-0.1, -0.05) is 41.6 Å². The summed E-state index contributed by atoms with van der Waals surface area (Å²) in [5.74, 6) is 1.38. The molecule has 27 heavy (non-hydrogen) atoms. The lowest BCUT2D eigenvalue weighted by molar-refractivity contribution is -0.0713. The first-order valence-electron chi connectivity index (χ1n) is 9.03. The maximum atomic E-state index is 12.1. The SMILES string of the molecule is OC1(c2ccc3c(c2)OCO3)C(c2ccc(Cl)cc2)SC2=NCCCCN21. The van der Waals surface area contributed by atoms with Gasteiger partial charge in [0.15, 0.2) is 22.4 Å². The van der Waals surface area contributed by atoms with E-state index in [-0.39, 0.29) is 12.0 Å². The van der Waals surface area contributed by atoms with Gasteiger partial charge in [0.2, 0.25) is 6.79 Å². The maximum absolute atomic E-state index is 12.1. The topological polar surface area (TPSA) is 54.3 Å². The minimum atomic E-state index is -1.22. The molecule has 0 bridgehead atoms. The largest absolute Gasteiger partial charge is 0.454 e. The number of benzene rings is 2. The molecule has 0 saturated carbocycles. The lowest BCUT2D eigenvalue weighted by Gasteiger charge is -2.38. The van der Waals surface area contributed by atoms with Crippen LogP contribution in [0.5, 0.6) is 11.5 Å². The molecule has 1 saturated heterocycles. The zero-order valence-corrected chi connectivity index (χ0v) is 16.2. The highest BCUT2D eigenvalue weighted by Crippen LogP contribution is 2.55. The number of hydrogen-bond acceptors (Lipinski definition) is 6. The van der Waals surface area contributed by atoms with Crippen molar-refractivity contribution in [1.29, 1.82) is 0 Å². The van der Waals surface area contributed by atoms with Crippen molar-refractivity contribution in [1.82, 2.24) is 4.90 Å². The van der Waals surface area contributed by atoms with Crippen molar-refractivity contribution in [3.63, 3.8) is 0 Å². The Kier molecular flexibility index (Phi) is 4.22. The maximum Gasteiger partial charge on any atom is 0.231 e. The highest BCUT2D eigenvalue weighted by Gasteiger charge is 2.53. The monoisotopic (exact) mass is 402 g/mol. The van der Waals surface area contributed by atoms with Crippen molar-refractivity contribution in [2.24, 2.45) is 4.99 Å². The summed E-state index contributed by atoms with van der Waals surface area (Å²) in [6, 6.07) is 13.4. The van der Waals surface area contributed by atoms with Gasteiger partial charge in [0, 0.05) is 23.7 Å². The van der Waals surface area contributed by atoms with Crippen LogP contribution < -0.4 is 9.47 Å². The normalized spacial score (nSPS) is 26.5. The summed E-state index contributed by atoms with van der Waals surface area (Å²) in [5, 5.41) is 13.5. The average Bonchev–Trinajstić information content (AvgIpc) is 3.17.